The van der Waals surface area contributed by atoms with Gasteiger partial charge in [-0.3, -0.25) is 14.5 Å². The van der Waals surface area contributed by atoms with E-state index in [9.17, 15) is 14.9 Å². The van der Waals surface area contributed by atoms with E-state index in [-0.39, 0.29) is 23.5 Å². The number of amides is 2. The van der Waals surface area contributed by atoms with Gasteiger partial charge in [0, 0.05) is 0 Å². The van der Waals surface area contributed by atoms with Gasteiger partial charge < -0.3 is 10.1 Å². The molecule has 7 nitrogen and oxygen atoms in total. The zero-order chi connectivity index (χ0) is 24.7. The quantitative estimate of drug-likeness (QED) is 0.576. The molecule has 3 rings (SSSR count). The van der Waals surface area contributed by atoms with Gasteiger partial charge in [0.2, 0.25) is 5.91 Å². The fourth-order valence-corrected chi connectivity index (χ4v) is 3.96. The molecule has 2 aromatic carbocycles. The standard InChI is InChI=1S/C26H28N4O3S/c1-18(2)26(3,17-27)29-23(31)16-34-25-28-22(14-19-10-12-21(33-4)13-11-19)24(32)30(25)15-20-8-6-5-7-9-20/h5-14,18H,15-16H2,1-4H3,(H,29,31)/b22-14-. The van der Waals surface area contributed by atoms with Crippen molar-refractivity contribution < 1.29 is 14.3 Å². The van der Waals surface area contributed by atoms with E-state index in [1.54, 1.807) is 25.0 Å². The average Bonchev–Trinajstić information content (AvgIpc) is 3.12. The molecular formula is C26H28N4O3S. The molecular weight excluding hydrogens is 448 g/mol. The molecule has 0 aliphatic carbocycles. The minimum atomic E-state index is -0.964. The van der Waals surface area contributed by atoms with Crippen LogP contribution in [0.1, 0.15) is 31.9 Å². The van der Waals surface area contributed by atoms with Crippen LogP contribution in [0.25, 0.3) is 6.08 Å². The van der Waals surface area contributed by atoms with E-state index in [1.807, 2.05) is 68.4 Å². The summed E-state index contributed by atoms with van der Waals surface area (Å²) in [4.78, 5) is 31.9. The maximum absolute atomic E-state index is 13.2. The van der Waals surface area contributed by atoms with Gasteiger partial charge in [0.05, 0.1) is 25.5 Å². The van der Waals surface area contributed by atoms with E-state index < -0.39 is 5.54 Å². The van der Waals surface area contributed by atoms with Gasteiger partial charge in [-0.15, -0.1) is 0 Å². The molecule has 0 saturated carbocycles. The summed E-state index contributed by atoms with van der Waals surface area (Å²) in [5, 5.41) is 12.7. The molecule has 1 unspecified atom stereocenters. The number of hydrogen-bond acceptors (Lipinski definition) is 6. The molecule has 8 heteroatoms. The Bertz CT molecular complexity index is 1140. The summed E-state index contributed by atoms with van der Waals surface area (Å²) in [6.07, 6.45) is 1.72. The molecule has 34 heavy (non-hydrogen) atoms. The maximum Gasteiger partial charge on any atom is 0.278 e. The highest BCUT2D eigenvalue weighted by atomic mass is 32.2. The number of rotatable bonds is 8. The molecule has 0 saturated heterocycles. The van der Waals surface area contributed by atoms with Crippen LogP contribution < -0.4 is 10.1 Å². The molecule has 176 valence electrons. The Morgan fingerprint density at radius 1 is 1.24 bits per heavy atom. The van der Waals surface area contributed by atoms with Gasteiger partial charge >= 0.3 is 0 Å². The van der Waals surface area contributed by atoms with Crippen LogP contribution in [0.3, 0.4) is 0 Å². The SMILES string of the molecule is COc1ccc(/C=C2\N=C(SCC(=O)NC(C)(C#N)C(C)C)N(Cc3ccccc3)C2=O)cc1. The first-order valence-corrected chi connectivity index (χ1v) is 11.9. The Hall–Kier alpha value is -3.57. The van der Waals surface area contributed by atoms with Gasteiger partial charge in [0.1, 0.15) is 17.0 Å². The lowest BCUT2D eigenvalue weighted by molar-refractivity contribution is -0.123. The first-order chi connectivity index (χ1) is 16.3. The zero-order valence-corrected chi connectivity index (χ0v) is 20.6. The molecule has 0 fully saturated rings. The highest BCUT2D eigenvalue weighted by Crippen LogP contribution is 2.26. The minimum Gasteiger partial charge on any atom is -0.497 e. The fraction of sp³-hybridized carbons (Fsp3) is 0.308. The van der Waals surface area contributed by atoms with Gasteiger partial charge in [-0.05, 0) is 42.2 Å². The Balaban J connectivity index is 1.81. The Morgan fingerprint density at radius 2 is 1.91 bits per heavy atom. The van der Waals surface area contributed by atoms with E-state index in [4.69, 9.17) is 4.74 Å². The topological polar surface area (TPSA) is 94.8 Å². The van der Waals surface area contributed by atoms with Crippen LogP contribution in [0.4, 0.5) is 0 Å². The van der Waals surface area contributed by atoms with Crippen LogP contribution in [0, 0.1) is 17.2 Å². The summed E-state index contributed by atoms with van der Waals surface area (Å²) in [6.45, 7) is 5.81. The number of carbonyl (C=O) groups is 2. The van der Waals surface area contributed by atoms with Gasteiger partial charge in [-0.2, -0.15) is 5.26 Å². The number of methoxy groups -OCH3 is 1. The summed E-state index contributed by atoms with van der Waals surface area (Å²) in [7, 11) is 1.60. The third-order valence-electron chi connectivity index (χ3n) is 5.63. The molecule has 2 amide bonds. The van der Waals surface area contributed by atoms with E-state index in [0.717, 1.165) is 16.9 Å². The molecule has 0 bridgehead atoms. The van der Waals surface area contributed by atoms with Gasteiger partial charge in [0.25, 0.3) is 5.91 Å². The number of benzene rings is 2. The summed E-state index contributed by atoms with van der Waals surface area (Å²) < 4.78 is 5.19. The van der Waals surface area contributed by atoms with Crippen molar-refractivity contribution in [3.05, 3.63) is 71.4 Å². The van der Waals surface area contributed by atoms with Crippen LogP contribution in [0.5, 0.6) is 5.75 Å². The van der Waals surface area contributed by atoms with Crippen LogP contribution in [0.2, 0.25) is 0 Å². The highest BCUT2D eigenvalue weighted by Gasteiger charge is 2.33. The molecule has 1 aliphatic heterocycles. The second kappa shape index (κ2) is 11.0. The predicted molar refractivity (Wildman–Crippen MR) is 135 cm³/mol. The predicted octanol–water partition coefficient (Wildman–Crippen LogP) is 4.22. The van der Waals surface area contributed by atoms with Gasteiger partial charge in [0.15, 0.2) is 5.17 Å². The third kappa shape index (κ3) is 6.06. The van der Waals surface area contributed by atoms with Crippen molar-refractivity contribution in [2.24, 2.45) is 10.9 Å². The van der Waals surface area contributed by atoms with Gasteiger partial charge in [-0.1, -0.05) is 68.1 Å². The van der Waals surface area contributed by atoms with E-state index >= 15 is 0 Å². The molecule has 2 aromatic rings. The van der Waals surface area contributed by atoms with E-state index in [2.05, 4.69) is 16.4 Å². The first kappa shape index (κ1) is 25.1. The molecule has 1 N–H and O–H groups in total. The number of nitriles is 1. The molecule has 0 aromatic heterocycles. The highest BCUT2D eigenvalue weighted by molar-refractivity contribution is 8.14. The number of nitrogens with zero attached hydrogens (tertiary/aromatic N) is 3. The van der Waals surface area contributed by atoms with Crippen LogP contribution in [-0.2, 0) is 16.1 Å². The second-order valence-corrected chi connectivity index (χ2v) is 9.32. The molecule has 0 spiro atoms. The molecule has 1 aliphatic rings. The summed E-state index contributed by atoms with van der Waals surface area (Å²) in [5.41, 5.74) is 1.11. The van der Waals surface area contributed by atoms with Gasteiger partial charge in [-0.25, -0.2) is 4.99 Å². The number of amidine groups is 1. The molecule has 1 atom stereocenters. The minimum absolute atomic E-state index is 0.0389. The summed E-state index contributed by atoms with van der Waals surface area (Å²) >= 11 is 1.18. The van der Waals surface area contributed by atoms with Crippen LogP contribution in [0.15, 0.2) is 65.3 Å². The van der Waals surface area contributed by atoms with Crippen LogP contribution in [-0.4, -0.2) is 40.3 Å². The number of carbonyl (C=O) groups excluding carboxylic acids is 2. The van der Waals surface area contributed by atoms with Crippen LogP contribution >= 0.6 is 11.8 Å². The van der Waals surface area contributed by atoms with Crippen molar-refractivity contribution in [2.75, 3.05) is 12.9 Å². The Kier molecular flexibility index (Phi) is 8.13. The number of nitrogens with one attached hydrogen (secondary N) is 1. The monoisotopic (exact) mass is 476 g/mol. The molecule has 0 radical (unpaired) electrons. The number of hydrogen-bond donors (Lipinski definition) is 1. The van der Waals surface area contributed by atoms with Crippen molar-refractivity contribution in [3.8, 4) is 11.8 Å². The van der Waals surface area contributed by atoms with Crippen molar-refractivity contribution >= 4 is 34.8 Å². The Morgan fingerprint density at radius 3 is 2.50 bits per heavy atom. The maximum atomic E-state index is 13.2. The smallest absolute Gasteiger partial charge is 0.278 e. The summed E-state index contributed by atoms with van der Waals surface area (Å²) in [5.74, 6) is 0.196. The Labute approximate surface area is 204 Å². The normalized spacial score (nSPS) is 16.2. The summed E-state index contributed by atoms with van der Waals surface area (Å²) in [6, 6.07) is 19.1. The third-order valence-corrected chi connectivity index (χ3v) is 6.61. The largest absolute Gasteiger partial charge is 0.497 e. The average molecular weight is 477 g/mol. The number of thioether (sulfide) groups is 1. The van der Waals surface area contributed by atoms with E-state index in [1.165, 1.54) is 11.8 Å². The first-order valence-electron chi connectivity index (χ1n) is 10.9. The lowest BCUT2D eigenvalue weighted by Gasteiger charge is -2.27. The molecule has 1 heterocycles. The fourth-order valence-electron chi connectivity index (χ4n) is 3.16. The van der Waals surface area contributed by atoms with Crippen molar-refractivity contribution in [1.29, 1.82) is 5.26 Å². The second-order valence-electron chi connectivity index (χ2n) is 8.38. The lowest BCUT2D eigenvalue weighted by atomic mass is 9.90. The van der Waals surface area contributed by atoms with E-state index in [0.29, 0.717) is 17.4 Å². The zero-order valence-electron chi connectivity index (χ0n) is 19.7. The number of aliphatic imine (C=N–C) groups is 1. The lowest BCUT2D eigenvalue weighted by Crippen LogP contribution is -2.49. The van der Waals surface area contributed by atoms with Crippen molar-refractivity contribution in [1.82, 2.24) is 10.2 Å². The van der Waals surface area contributed by atoms with Crippen molar-refractivity contribution in [2.45, 2.75) is 32.9 Å². The van der Waals surface area contributed by atoms with Crippen molar-refractivity contribution in [3.63, 3.8) is 0 Å². The number of ether oxygens (including phenoxy) is 1.